The number of urea groups is 1. The molecule has 0 aliphatic carbocycles. The van der Waals surface area contributed by atoms with E-state index in [-0.39, 0.29) is 19.5 Å². The first kappa shape index (κ1) is 14.4. The number of carboxylic acid groups (broad SMARTS) is 1. The Kier molecular flexibility index (Phi) is 3.99. The number of aliphatic hydroxyl groups is 1. The molecule has 0 bridgehead atoms. The third kappa shape index (κ3) is 2.93. The van der Waals surface area contributed by atoms with Crippen LogP contribution in [0, 0.1) is 6.92 Å². The van der Waals surface area contributed by atoms with Crippen molar-refractivity contribution >= 4 is 12.0 Å². The molecule has 2 heterocycles. The molecule has 1 aromatic heterocycles. The van der Waals surface area contributed by atoms with E-state index in [9.17, 15) is 14.7 Å². The van der Waals surface area contributed by atoms with Crippen LogP contribution in [-0.4, -0.2) is 57.8 Å². The summed E-state index contributed by atoms with van der Waals surface area (Å²) in [4.78, 5) is 25.9. The molecule has 1 aromatic rings. The second-order valence-corrected chi connectivity index (χ2v) is 5.05. The van der Waals surface area contributed by atoms with Gasteiger partial charge in [-0.3, -0.25) is 0 Å². The van der Waals surface area contributed by atoms with Crippen molar-refractivity contribution in [2.24, 2.45) is 0 Å². The molecule has 2 amide bonds. The Labute approximate surface area is 116 Å². The zero-order chi connectivity index (χ0) is 14.9. The van der Waals surface area contributed by atoms with Gasteiger partial charge < -0.3 is 24.4 Å². The fraction of sp³-hybridized carbons (Fsp3) is 0.538. The van der Waals surface area contributed by atoms with E-state index >= 15 is 0 Å². The Morgan fingerprint density at radius 3 is 2.75 bits per heavy atom. The summed E-state index contributed by atoms with van der Waals surface area (Å²) in [7, 11) is 1.57. The van der Waals surface area contributed by atoms with Gasteiger partial charge in [-0.25, -0.2) is 9.59 Å². The topological polar surface area (TPSA) is 94.2 Å². The second-order valence-electron chi connectivity index (χ2n) is 5.05. The SMILES string of the molecule is Cc1ccc(CN(C)C(=O)N2C[C@@H](O)C[C@H]2C(=O)O)o1. The van der Waals surface area contributed by atoms with Gasteiger partial charge in [0.05, 0.1) is 12.6 Å². The lowest BCUT2D eigenvalue weighted by atomic mass is 10.2. The van der Waals surface area contributed by atoms with Gasteiger partial charge in [0.25, 0.3) is 0 Å². The fourth-order valence-electron chi connectivity index (χ4n) is 2.35. The summed E-state index contributed by atoms with van der Waals surface area (Å²) in [6, 6.07) is 2.17. The van der Waals surface area contributed by atoms with Crippen LogP contribution in [0.1, 0.15) is 17.9 Å². The highest BCUT2D eigenvalue weighted by Crippen LogP contribution is 2.20. The molecular formula is C13H18N2O5. The maximum atomic E-state index is 12.3. The molecule has 2 N–H and O–H groups in total. The Morgan fingerprint density at radius 2 is 2.20 bits per heavy atom. The molecule has 0 saturated carbocycles. The van der Waals surface area contributed by atoms with Gasteiger partial charge in [-0.1, -0.05) is 0 Å². The summed E-state index contributed by atoms with van der Waals surface area (Å²) in [5, 5.41) is 18.6. The minimum Gasteiger partial charge on any atom is -0.480 e. The third-order valence-electron chi connectivity index (χ3n) is 3.33. The quantitative estimate of drug-likeness (QED) is 0.849. The van der Waals surface area contributed by atoms with E-state index in [0.29, 0.717) is 5.76 Å². The standard InChI is InChI=1S/C13H18N2O5/c1-8-3-4-10(20-8)7-14(2)13(19)15-6-9(16)5-11(15)12(17)18/h3-4,9,11,16H,5-7H2,1-2H3,(H,17,18)/t9-,11-/m0/s1. The van der Waals surface area contributed by atoms with Crippen LogP contribution in [0.3, 0.4) is 0 Å². The summed E-state index contributed by atoms with van der Waals surface area (Å²) in [6.07, 6.45) is -0.728. The minimum absolute atomic E-state index is 0.0390. The molecule has 1 fully saturated rings. The van der Waals surface area contributed by atoms with Crippen LogP contribution in [0.25, 0.3) is 0 Å². The van der Waals surface area contributed by atoms with Crippen molar-refractivity contribution in [2.75, 3.05) is 13.6 Å². The lowest BCUT2D eigenvalue weighted by Gasteiger charge is -2.26. The Balaban J connectivity index is 2.04. The van der Waals surface area contributed by atoms with E-state index in [0.717, 1.165) is 5.76 Å². The lowest BCUT2D eigenvalue weighted by Crippen LogP contribution is -2.46. The highest BCUT2D eigenvalue weighted by molar-refractivity contribution is 5.83. The molecule has 0 radical (unpaired) electrons. The van der Waals surface area contributed by atoms with Crippen LogP contribution in [0.5, 0.6) is 0 Å². The number of hydrogen-bond acceptors (Lipinski definition) is 4. The van der Waals surface area contributed by atoms with Gasteiger partial charge in [-0.05, 0) is 19.1 Å². The predicted molar refractivity (Wildman–Crippen MR) is 69.1 cm³/mol. The van der Waals surface area contributed by atoms with Crippen molar-refractivity contribution in [3.05, 3.63) is 23.7 Å². The number of aliphatic carboxylic acids is 1. The van der Waals surface area contributed by atoms with Crippen molar-refractivity contribution in [3.8, 4) is 0 Å². The molecule has 7 heteroatoms. The van der Waals surface area contributed by atoms with E-state index in [1.165, 1.54) is 9.80 Å². The van der Waals surface area contributed by atoms with Gasteiger partial charge >= 0.3 is 12.0 Å². The van der Waals surface area contributed by atoms with Crippen molar-refractivity contribution < 1.29 is 24.2 Å². The third-order valence-corrected chi connectivity index (χ3v) is 3.33. The number of β-amino-alcohol motifs (C(OH)–C–C–N with tert-alkyl or cyclic N) is 1. The molecule has 2 rings (SSSR count). The van der Waals surface area contributed by atoms with Gasteiger partial charge in [-0.15, -0.1) is 0 Å². The van der Waals surface area contributed by atoms with Gasteiger partial charge in [0.1, 0.15) is 17.6 Å². The van der Waals surface area contributed by atoms with Gasteiger partial charge in [-0.2, -0.15) is 0 Å². The molecule has 2 atom stereocenters. The average Bonchev–Trinajstić information content (AvgIpc) is 2.94. The number of amides is 2. The number of likely N-dealkylation sites (tertiary alicyclic amines) is 1. The van der Waals surface area contributed by atoms with Crippen LogP contribution in [0.15, 0.2) is 16.5 Å². The molecule has 20 heavy (non-hydrogen) atoms. The van der Waals surface area contributed by atoms with Crippen molar-refractivity contribution in [1.82, 2.24) is 9.80 Å². The number of aryl methyl sites for hydroxylation is 1. The number of carbonyl (C=O) groups is 2. The van der Waals surface area contributed by atoms with Gasteiger partial charge in [0.2, 0.25) is 0 Å². The van der Waals surface area contributed by atoms with Crippen LogP contribution in [0.4, 0.5) is 4.79 Å². The molecule has 1 aliphatic rings. The van der Waals surface area contributed by atoms with E-state index in [4.69, 9.17) is 9.52 Å². The molecular weight excluding hydrogens is 264 g/mol. The number of carbonyl (C=O) groups excluding carboxylic acids is 1. The van der Waals surface area contributed by atoms with Crippen LogP contribution >= 0.6 is 0 Å². The summed E-state index contributed by atoms with van der Waals surface area (Å²) in [6.45, 7) is 2.10. The molecule has 0 unspecified atom stereocenters. The van der Waals surface area contributed by atoms with Gasteiger partial charge in [0.15, 0.2) is 0 Å². The first-order chi connectivity index (χ1) is 9.38. The number of hydrogen-bond donors (Lipinski definition) is 2. The summed E-state index contributed by atoms with van der Waals surface area (Å²) >= 11 is 0. The maximum absolute atomic E-state index is 12.3. The fourth-order valence-corrected chi connectivity index (χ4v) is 2.35. The van der Waals surface area contributed by atoms with E-state index < -0.39 is 24.1 Å². The van der Waals surface area contributed by atoms with E-state index in [2.05, 4.69) is 0 Å². The first-order valence-corrected chi connectivity index (χ1v) is 6.36. The highest BCUT2D eigenvalue weighted by atomic mass is 16.4. The first-order valence-electron chi connectivity index (χ1n) is 6.36. The van der Waals surface area contributed by atoms with Crippen molar-refractivity contribution in [1.29, 1.82) is 0 Å². The Morgan fingerprint density at radius 1 is 1.50 bits per heavy atom. The van der Waals surface area contributed by atoms with Crippen molar-refractivity contribution in [2.45, 2.75) is 32.0 Å². The smallest absolute Gasteiger partial charge is 0.326 e. The molecule has 110 valence electrons. The van der Waals surface area contributed by atoms with Crippen molar-refractivity contribution in [3.63, 3.8) is 0 Å². The Hall–Kier alpha value is -2.02. The molecule has 1 saturated heterocycles. The summed E-state index contributed by atoms with van der Waals surface area (Å²) in [5.74, 6) is 0.281. The maximum Gasteiger partial charge on any atom is 0.326 e. The molecule has 0 spiro atoms. The largest absolute Gasteiger partial charge is 0.480 e. The van der Waals surface area contributed by atoms with Crippen LogP contribution in [-0.2, 0) is 11.3 Å². The molecule has 1 aliphatic heterocycles. The van der Waals surface area contributed by atoms with Gasteiger partial charge in [0, 0.05) is 20.0 Å². The lowest BCUT2D eigenvalue weighted by molar-refractivity contribution is -0.141. The van der Waals surface area contributed by atoms with E-state index in [1.807, 2.05) is 6.92 Å². The Bertz CT molecular complexity index is 513. The second kappa shape index (κ2) is 5.54. The van der Waals surface area contributed by atoms with Crippen LogP contribution < -0.4 is 0 Å². The number of aliphatic hydroxyl groups excluding tert-OH is 1. The summed E-state index contributed by atoms with van der Waals surface area (Å²) < 4.78 is 5.38. The van der Waals surface area contributed by atoms with Crippen LogP contribution in [0.2, 0.25) is 0 Å². The number of nitrogens with zero attached hydrogens (tertiary/aromatic N) is 2. The summed E-state index contributed by atoms with van der Waals surface area (Å²) in [5.41, 5.74) is 0. The molecule has 7 nitrogen and oxygen atoms in total. The number of carboxylic acids is 1. The van der Waals surface area contributed by atoms with E-state index in [1.54, 1.807) is 19.2 Å². The zero-order valence-corrected chi connectivity index (χ0v) is 11.4. The average molecular weight is 282 g/mol. The zero-order valence-electron chi connectivity index (χ0n) is 11.4. The highest BCUT2D eigenvalue weighted by Gasteiger charge is 2.40. The monoisotopic (exact) mass is 282 g/mol. The predicted octanol–water partition coefficient (Wildman–Crippen LogP) is 0.660. The number of furan rings is 1. The minimum atomic E-state index is -1.10. The number of rotatable bonds is 3. The molecule has 0 aromatic carbocycles. The normalized spacial score (nSPS) is 22.1.